The molecule has 0 amide bonds. The molecule has 1 aromatic rings. The lowest BCUT2D eigenvalue weighted by Gasteiger charge is -2.43. The Bertz CT molecular complexity index is 426. The Balaban J connectivity index is 2.10. The van der Waals surface area contributed by atoms with Crippen LogP contribution in [-0.4, -0.2) is 37.6 Å². The van der Waals surface area contributed by atoms with Gasteiger partial charge < -0.3 is 20.3 Å². The first kappa shape index (κ1) is 15.3. The maximum atomic E-state index is 10.6. The molecule has 1 fully saturated rings. The maximum absolute atomic E-state index is 10.6. The van der Waals surface area contributed by atoms with Crippen LogP contribution in [0.2, 0.25) is 0 Å². The summed E-state index contributed by atoms with van der Waals surface area (Å²) in [5, 5.41) is 10.6. The molecule has 0 spiro atoms. The van der Waals surface area contributed by atoms with Crippen LogP contribution >= 0.6 is 0 Å². The van der Waals surface area contributed by atoms with Gasteiger partial charge in [0, 0.05) is 26.0 Å². The lowest BCUT2D eigenvalue weighted by atomic mass is 9.73. The summed E-state index contributed by atoms with van der Waals surface area (Å²) in [7, 11) is 3.37. The quantitative estimate of drug-likeness (QED) is 0.802. The van der Waals surface area contributed by atoms with Gasteiger partial charge in [0.05, 0.1) is 18.8 Å². The highest BCUT2D eigenvalue weighted by Gasteiger charge is 2.40. The summed E-state index contributed by atoms with van der Waals surface area (Å²) in [6.07, 6.45) is 3.37. The minimum Gasteiger partial charge on any atom is -0.497 e. The second kappa shape index (κ2) is 6.57. The summed E-state index contributed by atoms with van der Waals surface area (Å²) >= 11 is 0. The van der Waals surface area contributed by atoms with Gasteiger partial charge in [-0.3, -0.25) is 0 Å². The van der Waals surface area contributed by atoms with Crippen LogP contribution in [0.1, 0.15) is 37.2 Å². The van der Waals surface area contributed by atoms with Crippen molar-refractivity contribution in [2.75, 3.05) is 20.8 Å². The fraction of sp³-hybridized carbons (Fsp3) is 0.625. The van der Waals surface area contributed by atoms with E-state index in [1.807, 2.05) is 24.3 Å². The Morgan fingerprint density at radius 3 is 2.60 bits per heavy atom. The van der Waals surface area contributed by atoms with Gasteiger partial charge in [0.1, 0.15) is 5.75 Å². The minimum atomic E-state index is -0.493. The second-order valence-corrected chi connectivity index (χ2v) is 5.63. The van der Waals surface area contributed by atoms with E-state index in [9.17, 15) is 5.11 Å². The van der Waals surface area contributed by atoms with E-state index < -0.39 is 6.10 Å². The third-order valence-corrected chi connectivity index (χ3v) is 4.52. The topological polar surface area (TPSA) is 64.7 Å². The molecule has 1 saturated carbocycles. The molecule has 2 rings (SSSR count). The van der Waals surface area contributed by atoms with Crippen molar-refractivity contribution >= 4 is 0 Å². The molecule has 0 bridgehead atoms. The van der Waals surface area contributed by atoms with Crippen molar-refractivity contribution in [3.8, 4) is 5.75 Å². The van der Waals surface area contributed by atoms with E-state index >= 15 is 0 Å². The Morgan fingerprint density at radius 2 is 2.10 bits per heavy atom. The number of hydrogen-bond donors (Lipinski definition) is 2. The van der Waals surface area contributed by atoms with Gasteiger partial charge in [-0.15, -0.1) is 0 Å². The zero-order chi connectivity index (χ0) is 14.6. The lowest BCUT2D eigenvalue weighted by Crippen LogP contribution is -2.44. The van der Waals surface area contributed by atoms with Gasteiger partial charge in [0.25, 0.3) is 0 Å². The number of methoxy groups -OCH3 is 2. The molecule has 0 heterocycles. The Morgan fingerprint density at radius 1 is 1.35 bits per heavy atom. The third-order valence-electron chi connectivity index (χ3n) is 4.52. The molecule has 2 unspecified atom stereocenters. The number of hydrogen-bond acceptors (Lipinski definition) is 4. The molecule has 2 atom stereocenters. The number of ether oxygens (including phenoxy) is 2. The van der Waals surface area contributed by atoms with Crippen molar-refractivity contribution in [3.63, 3.8) is 0 Å². The highest BCUT2D eigenvalue weighted by molar-refractivity contribution is 5.31. The van der Waals surface area contributed by atoms with Gasteiger partial charge >= 0.3 is 0 Å². The number of benzene rings is 1. The van der Waals surface area contributed by atoms with E-state index in [1.54, 1.807) is 14.2 Å². The molecule has 20 heavy (non-hydrogen) atoms. The van der Waals surface area contributed by atoms with Crippen molar-refractivity contribution in [2.24, 2.45) is 5.73 Å². The molecular formula is C16H25NO3. The first-order valence-electron chi connectivity index (χ1n) is 7.21. The zero-order valence-corrected chi connectivity index (χ0v) is 12.3. The highest BCUT2D eigenvalue weighted by Crippen LogP contribution is 2.41. The molecule has 3 N–H and O–H groups in total. The van der Waals surface area contributed by atoms with Crippen LogP contribution in [0.15, 0.2) is 24.3 Å². The van der Waals surface area contributed by atoms with Crippen molar-refractivity contribution in [1.29, 1.82) is 0 Å². The van der Waals surface area contributed by atoms with Crippen LogP contribution in [0.5, 0.6) is 5.75 Å². The largest absolute Gasteiger partial charge is 0.497 e. The molecule has 0 saturated heterocycles. The molecule has 112 valence electrons. The molecule has 4 heteroatoms. The summed E-state index contributed by atoms with van der Waals surface area (Å²) < 4.78 is 10.8. The standard InChI is InChI=1S/C16H25NO3/c1-19-13-6-3-5-12(9-13)14(11-17)15(18)10-16(20-2)7-4-8-16/h3,5-6,9,14-15,18H,4,7-8,10-11,17H2,1-2H3. The summed E-state index contributed by atoms with van der Waals surface area (Å²) in [4.78, 5) is 0. The summed E-state index contributed by atoms with van der Waals surface area (Å²) in [6, 6.07) is 7.76. The van der Waals surface area contributed by atoms with Gasteiger partial charge in [-0.05, 0) is 37.0 Å². The average Bonchev–Trinajstić information content (AvgIpc) is 2.44. The maximum Gasteiger partial charge on any atom is 0.119 e. The van der Waals surface area contributed by atoms with E-state index in [2.05, 4.69) is 0 Å². The number of rotatable bonds is 7. The molecular weight excluding hydrogens is 254 g/mol. The molecule has 1 aromatic carbocycles. The summed E-state index contributed by atoms with van der Waals surface area (Å²) in [5.41, 5.74) is 6.75. The molecule has 4 nitrogen and oxygen atoms in total. The molecule has 0 aliphatic heterocycles. The fourth-order valence-electron chi connectivity index (χ4n) is 2.97. The number of aliphatic hydroxyl groups is 1. The number of aliphatic hydroxyl groups excluding tert-OH is 1. The SMILES string of the molecule is COc1cccc(C(CN)C(O)CC2(OC)CCC2)c1. The zero-order valence-electron chi connectivity index (χ0n) is 12.3. The van der Waals surface area contributed by atoms with Gasteiger partial charge in [-0.1, -0.05) is 12.1 Å². The normalized spacial score (nSPS) is 20.0. The first-order chi connectivity index (χ1) is 9.64. The van der Waals surface area contributed by atoms with Crippen LogP contribution in [-0.2, 0) is 4.74 Å². The van der Waals surface area contributed by atoms with E-state index in [0.717, 1.165) is 24.2 Å². The summed E-state index contributed by atoms with van der Waals surface area (Å²) in [6.45, 7) is 0.411. The van der Waals surface area contributed by atoms with E-state index in [0.29, 0.717) is 13.0 Å². The van der Waals surface area contributed by atoms with Crippen molar-refractivity contribution in [3.05, 3.63) is 29.8 Å². The van der Waals surface area contributed by atoms with E-state index in [-0.39, 0.29) is 11.5 Å². The Hall–Kier alpha value is -1.10. The minimum absolute atomic E-state index is 0.0854. The van der Waals surface area contributed by atoms with E-state index in [1.165, 1.54) is 6.42 Å². The van der Waals surface area contributed by atoms with Crippen molar-refractivity contribution in [2.45, 2.75) is 43.3 Å². The van der Waals surface area contributed by atoms with Crippen LogP contribution in [0.3, 0.4) is 0 Å². The van der Waals surface area contributed by atoms with Gasteiger partial charge in [-0.2, -0.15) is 0 Å². The third kappa shape index (κ3) is 3.14. The van der Waals surface area contributed by atoms with Gasteiger partial charge in [0.15, 0.2) is 0 Å². The number of nitrogens with two attached hydrogens (primary N) is 1. The molecule has 0 radical (unpaired) electrons. The van der Waals surface area contributed by atoms with Crippen LogP contribution in [0.25, 0.3) is 0 Å². The average molecular weight is 279 g/mol. The predicted molar refractivity (Wildman–Crippen MR) is 79.0 cm³/mol. The van der Waals surface area contributed by atoms with Crippen LogP contribution < -0.4 is 10.5 Å². The highest BCUT2D eigenvalue weighted by atomic mass is 16.5. The summed E-state index contributed by atoms with van der Waals surface area (Å²) in [5.74, 6) is 0.705. The molecule has 0 aromatic heterocycles. The smallest absolute Gasteiger partial charge is 0.119 e. The van der Waals surface area contributed by atoms with Crippen molar-refractivity contribution in [1.82, 2.24) is 0 Å². The van der Waals surface area contributed by atoms with Gasteiger partial charge in [-0.25, -0.2) is 0 Å². The second-order valence-electron chi connectivity index (χ2n) is 5.63. The predicted octanol–water partition coefficient (Wildman–Crippen LogP) is 2.06. The van der Waals surface area contributed by atoms with E-state index in [4.69, 9.17) is 15.2 Å². The lowest BCUT2D eigenvalue weighted by molar-refractivity contribution is -0.102. The molecule has 1 aliphatic carbocycles. The Kier molecular flexibility index (Phi) is 5.02. The monoisotopic (exact) mass is 279 g/mol. The first-order valence-corrected chi connectivity index (χ1v) is 7.21. The fourth-order valence-corrected chi connectivity index (χ4v) is 2.97. The Labute approximate surface area is 120 Å². The van der Waals surface area contributed by atoms with Crippen LogP contribution in [0.4, 0.5) is 0 Å². The van der Waals surface area contributed by atoms with Crippen LogP contribution in [0, 0.1) is 0 Å². The molecule has 1 aliphatic rings. The van der Waals surface area contributed by atoms with Crippen molar-refractivity contribution < 1.29 is 14.6 Å². The van der Waals surface area contributed by atoms with Gasteiger partial charge in [0.2, 0.25) is 0 Å².